The molecule has 0 fully saturated rings. The van der Waals surface area contributed by atoms with Gasteiger partial charge in [0.15, 0.2) is 0 Å². The van der Waals surface area contributed by atoms with Crippen LogP contribution in [-0.2, 0) is 9.59 Å². The maximum atomic E-state index is 11.3. The summed E-state index contributed by atoms with van der Waals surface area (Å²) in [5, 5.41) is 11.3. The molecule has 0 aliphatic carbocycles. The number of carboxylic acids is 1. The van der Waals surface area contributed by atoms with Gasteiger partial charge in [-0.1, -0.05) is 33.1 Å². The molecule has 94 valence electrons. The highest BCUT2D eigenvalue weighted by Gasteiger charge is 2.08. The first kappa shape index (κ1) is 14.9. The summed E-state index contributed by atoms with van der Waals surface area (Å²) in [6.45, 7) is 4.41. The van der Waals surface area contributed by atoms with E-state index < -0.39 is 5.97 Å². The Morgan fingerprint density at radius 3 is 2.50 bits per heavy atom. The summed E-state index contributed by atoms with van der Waals surface area (Å²) in [4.78, 5) is 21.7. The standard InChI is InChI=1S/C12H23NO3/c1-3-4-5-6-7-11(14)13-9-10(2)8-12(15)16/h10H,3-9H2,1-2H3,(H,13,14)(H,15,16). The highest BCUT2D eigenvalue weighted by molar-refractivity contribution is 5.75. The first-order valence-electron chi connectivity index (χ1n) is 6.04. The van der Waals surface area contributed by atoms with Crippen molar-refractivity contribution in [3.8, 4) is 0 Å². The van der Waals surface area contributed by atoms with Crippen LogP contribution in [0.2, 0.25) is 0 Å². The lowest BCUT2D eigenvalue weighted by Gasteiger charge is -2.10. The highest BCUT2D eigenvalue weighted by atomic mass is 16.4. The average Bonchev–Trinajstić information content (AvgIpc) is 2.20. The number of aliphatic carboxylic acids is 1. The number of amides is 1. The molecular weight excluding hydrogens is 206 g/mol. The summed E-state index contributed by atoms with van der Waals surface area (Å²) in [5.41, 5.74) is 0. The molecule has 1 unspecified atom stereocenters. The summed E-state index contributed by atoms with van der Waals surface area (Å²) >= 11 is 0. The Labute approximate surface area is 97.4 Å². The van der Waals surface area contributed by atoms with Crippen LogP contribution in [0.1, 0.15) is 52.4 Å². The van der Waals surface area contributed by atoms with Crippen LogP contribution >= 0.6 is 0 Å². The number of hydrogen-bond donors (Lipinski definition) is 2. The number of unbranched alkanes of at least 4 members (excludes halogenated alkanes) is 3. The van der Waals surface area contributed by atoms with Gasteiger partial charge in [-0.3, -0.25) is 9.59 Å². The molecule has 0 saturated carbocycles. The number of carbonyl (C=O) groups excluding carboxylic acids is 1. The molecule has 0 saturated heterocycles. The lowest BCUT2D eigenvalue weighted by atomic mass is 10.1. The van der Waals surface area contributed by atoms with Gasteiger partial charge in [0.25, 0.3) is 0 Å². The second-order valence-electron chi connectivity index (χ2n) is 4.32. The molecule has 0 aromatic rings. The van der Waals surface area contributed by atoms with Crippen molar-refractivity contribution < 1.29 is 14.7 Å². The van der Waals surface area contributed by atoms with Crippen LogP contribution in [0.3, 0.4) is 0 Å². The Bertz CT molecular complexity index is 216. The van der Waals surface area contributed by atoms with Crippen LogP contribution in [0.15, 0.2) is 0 Å². The first-order chi connectivity index (χ1) is 7.56. The average molecular weight is 229 g/mol. The van der Waals surface area contributed by atoms with Crippen molar-refractivity contribution in [3.05, 3.63) is 0 Å². The fourth-order valence-electron chi connectivity index (χ4n) is 1.46. The van der Waals surface area contributed by atoms with Gasteiger partial charge >= 0.3 is 5.97 Å². The zero-order valence-electron chi connectivity index (χ0n) is 10.3. The van der Waals surface area contributed by atoms with Gasteiger partial charge in [0.1, 0.15) is 0 Å². The molecule has 2 N–H and O–H groups in total. The topological polar surface area (TPSA) is 66.4 Å². The van der Waals surface area contributed by atoms with E-state index in [1.165, 1.54) is 6.42 Å². The van der Waals surface area contributed by atoms with E-state index in [2.05, 4.69) is 12.2 Å². The van der Waals surface area contributed by atoms with Gasteiger partial charge in [-0.05, 0) is 12.3 Å². The molecule has 0 aromatic carbocycles. The molecule has 0 heterocycles. The number of rotatable bonds is 9. The molecule has 0 aromatic heterocycles. The van der Waals surface area contributed by atoms with Crippen molar-refractivity contribution in [2.45, 2.75) is 52.4 Å². The van der Waals surface area contributed by atoms with Crippen molar-refractivity contribution in [3.63, 3.8) is 0 Å². The van der Waals surface area contributed by atoms with E-state index in [1.807, 2.05) is 6.92 Å². The Morgan fingerprint density at radius 1 is 1.25 bits per heavy atom. The Balaban J connectivity index is 3.45. The fraction of sp³-hybridized carbons (Fsp3) is 0.833. The zero-order valence-corrected chi connectivity index (χ0v) is 10.3. The molecular formula is C12H23NO3. The smallest absolute Gasteiger partial charge is 0.303 e. The molecule has 1 atom stereocenters. The Morgan fingerprint density at radius 2 is 1.94 bits per heavy atom. The van der Waals surface area contributed by atoms with Gasteiger partial charge in [-0.15, -0.1) is 0 Å². The monoisotopic (exact) mass is 229 g/mol. The lowest BCUT2D eigenvalue weighted by molar-refractivity contribution is -0.138. The highest BCUT2D eigenvalue weighted by Crippen LogP contribution is 2.03. The van der Waals surface area contributed by atoms with Crippen LogP contribution in [0.5, 0.6) is 0 Å². The predicted octanol–water partition coefficient (Wildman–Crippen LogP) is 2.18. The van der Waals surface area contributed by atoms with Crippen LogP contribution in [0.25, 0.3) is 0 Å². The van der Waals surface area contributed by atoms with E-state index >= 15 is 0 Å². The third-order valence-electron chi connectivity index (χ3n) is 2.43. The van der Waals surface area contributed by atoms with Gasteiger partial charge in [0, 0.05) is 19.4 Å². The third-order valence-corrected chi connectivity index (χ3v) is 2.43. The molecule has 4 nitrogen and oxygen atoms in total. The van der Waals surface area contributed by atoms with Crippen LogP contribution < -0.4 is 5.32 Å². The maximum Gasteiger partial charge on any atom is 0.303 e. The molecule has 0 aliphatic heterocycles. The summed E-state index contributed by atoms with van der Waals surface area (Å²) in [5.74, 6) is -0.782. The van der Waals surface area contributed by atoms with Crippen LogP contribution in [0, 0.1) is 5.92 Å². The van der Waals surface area contributed by atoms with Gasteiger partial charge in [-0.2, -0.15) is 0 Å². The molecule has 16 heavy (non-hydrogen) atoms. The fourth-order valence-corrected chi connectivity index (χ4v) is 1.46. The number of carbonyl (C=O) groups is 2. The number of hydrogen-bond acceptors (Lipinski definition) is 2. The Hall–Kier alpha value is -1.06. The van der Waals surface area contributed by atoms with E-state index in [1.54, 1.807) is 0 Å². The van der Waals surface area contributed by atoms with E-state index in [0.29, 0.717) is 13.0 Å². The molecule has 0 spiro atoms. The minimum atomic E-state index is -0.815. The number of nitrogens with one attached hydrogen (secondary N) is 1. The van der Waals surface area contributed by atoms with E-state index in [-0.39, 0.29) is 18.2 Å². The van der Waals surface area contributed by atoms with Crippen molar-refractivity contribution in [2.24, 2.45) is 5.92 Å². The Kier molecular flexibility index (Phi) is 8.58. The minimum Gasteiger partial charge on any atom is -0.481 e. The molecule has 0 aliphatic rings. The largest absolute Gasteiger partial charge is 0.481 e. The molecule has 0 rings (SSSR count). The predicted molar refractivity (Wildman–Crippen MR) is 63.2 cm³/mol. The van der Waals surface area contributed by atoms with Crippen molar-refractivity contribution in [1.29, 1.82) is 0 Å². The van der Waals surface area contributed by atoms with Crippen LogP contribution in [0.4, 0.5) is 0 Å². The van der Waals surface area contributed by atoms with Crippen molar-refractivity contribution >= 4 is 11.9 Å². The van der Waals surface area contributed by atoms with Gasteiger partial charge < -0.3 is 10.4 Å². The van der Waals surface area contributed by atoms with Crippen molar-refractivity contribution in [1.82, 2.24) is 5.32 Å². The normalized spacial score (nSPS) is 12.1. The summed E-state index contributed by atoms with van der Waals surface area (Å²) in [6, 6.07) is 0. The summed E-state index contributed by atoms with van der Waals surface area (Å²) in [7, 11) is 0. The van der Waals surface area contributed by atoms with Crippen molar-refractivity contribution in [2.75, 3.05) is 6.54 Å². The lowest BCUT2D eigenvalue weighted by Crippen LogP contribution is -2.28. The molecule has 0 bridgehead atoms. The van der Waals surface area contributed by atoms with E-state index in [9.17, 15) is 9.59 Å². The van der Waals surface area contributed by atoms with Gasteiger partial charge in [0.05, 0.1) is 0 Å². The summed E-state index contributed by atoms with van der Waals surface area (Å²) in [6.07, 6.45) is 5.01. The zero-order chi connectivity index (χ0) is 12.4. The van der Waals surface area contributed by atoms with Crippen LogP contribution in [-0.4, -0.2) is 23.5 Å². The number of carboxylic acid groups (broad SMARTS) is 1. The van der Waals surface area contributed by atoms with E-state index in [4.69, 9.17) is 5.11 Å². The second kappa shape index (κ2) is 9.19. The minimum absolute atomic E-state index is 0.00269. The van der Waals surface area contributed by atoms with E-state index in [0.717, 1.165) is 19.3 Å². The first-order valence-corrected chi connectivity index (χ1v) is 6.04. The molecule has 4 heteroatoms. The van der Waals surface area contributed by atoms with Gasteiger partial charge in [-0.25, -0.2) is 0 Å². The quantitative estimate of drug-likeness (QED) is 0.595. The van der Waals surface area contributed by atoms with Gasteiger partial charge in [0.2, 0.25) is 5.91 Å². The SMILES string of the molecule is CCCCCCC(=O)NCC(C)CC(=O)O. The maximum absolute atomic E-state index is 11.3. The second-order valence-corrected chi connectivity index (χ2v) is 4.32. The molecule has 0 radical (unpaired) electrons. The third kappa shape index (κ3) is 9.49. The molecule has 1 amide bonds. The summed E-state index contributed by atoms with van der Waals surface area (Å²) < 4.78 is 0.